The smallest absolute Gasteiger partial charge is 0.191 e. The van der Waals surface area contributed by atoms with Crippen LogP contribution in [0.1, 0.15) is 11.1 Å². The zero-order valence-corrected chi connectivity index (χ0v) is 15.5. The van der Waals surface area contributed by atoms with Gasteiger partial charge in [0, 0.05) is 42.2 Å². The van der Waals surface area contributed by atoms with Crippen molar-refractivity contribution in [1.82, 2.24) is 9.88 Å². The van der Waals surface area contributed by atoms with Crippen molar-refractivity contribution in [2.24, 2.45) is 10.7 Å². The predicted molar refractivity (Wildman–Crippen MR) is 100 cm³/mol. The number of hydrogen-bond donors (Lipinski definition) is 1. The second-order valence-electron chi connectivity index (χ2n) is 5.53. The van der Waals surface area contributed by atoms with E-state index in [2.05, 4.69) is 54.8 Å². The Labute approximate surface area is 149 Å². The van der Waals surface area contributed by atoms with Gasteiger partial charge in [-0.1, -0.05) is 22.0 Å². The van der Waals surface area contributed by atoms with Crippen LogP contribution < -0.4 is 10.6 Å². The molecule has 1 aromatic carbocycles. The largest absolute Gasteiger partial charge is 0.370 e. The van der Waals surface area contributed by atoms with Gasteiger partial charge < -0.3 is 15.5 Å². The molecule has 0 unspecified atom stereocenters. The Hall–Kier alpha value is -1.60. The molecule has 1 aliphatic rings. The monoisotopic (exact) mass is 393 g/mol. The van der Waals surface area contributed by atoms with Crippen LogP contribution in [0.2, 0.25) is 0 Å². The van der Waals surface area contributed by atoms with Crippen LogP contribution in [0.4, 0.5) is 5.13 Å². The first kappa shape index (κ1) is 16.3. The highest BCUT2D eigenvalue weighted by molar-refractivity contribution is 9.10. The van der Waals surface area contributed by atoms with Crippen molar-refractivity contribution in [2.45, 2.75) is 13.5 Å². The average molecular weight is 394 g/mol. The van der Waals surface area contributed by atoms with Crippen LogP contribution in [0.3, 0.4) is 0 Å². The molecule has 1 saturated heterocycles. The van der Waals surface area contributed by atoms with E-state index in [0.717, 1.165) is 35.8 Å². The van der Waals surface area contributed by atoms with Crippen molar-refractivity contribution in [2.75, 3.05) is 31.1 Å². The number of aliphatic imine (C=N–C) groups is 1. The molecule has 2 heterocycles. The first-order valence-corrected chi connectivity index (χ1v) is 9.25. The third-order valence-corrected chi connectivity index (χ3v) is 5.33. The van der Waals surface area contributed by atoms with E-state index in [-0.39, 0.29) is 0 Å². The molecule has 2 aromatic rings. The van der Waals surface area contributed by atoms with Gasteiger partial charge in [0.1, 0.15) is 0 Å². The number of benzene rings is 1. The number of nitrogens with two attached hydrogens (primary N) is 1. The normalized spacial score (nSPS) is 16.0. The van der Waals surface area contributed by atoms with E-state index in [4.69, 9.17) is 5.73 Å². The lowest BCUT2D eigenvalue weighted by Gasteiger charge is -2.35. The minimum atomic E-state index is 0.623. The number of hydrogen-bond acceptors (Lipinski definition) is 4. The minimum Gasteiger partial charge on any atom is -0.370 e. The standard InChI is InChI=1S/C16H20BrN5S/c1-12-10-14(17)3-2-13(12)11-20-15(18)21-5-7-22(8-6-21)16-19-4-9-23-16/h2-4,9-10H,5-8,11H2,1H3,(H2,18,20). The molecule has 1 fully saturated rings. The molecule has 0 amide bonds. The van der Waals surface area contributed by atoms with Crippen LogP contribution in [-0.2, 0) is 6.54 Å². The number of guanidine groups is 1. The Morgan fingerprint density at radius 3 is 2.78 bits per heavy atom. The molecule has 1 aliphatic heterocycles. The Kier molecular flexibility index (Phi) is 5.17. The summed E-state index contributed by atoms with van der Waals surface area (Å²) in [6.07, 6.45) is 1.85. The molecule has 122 valence electrons. The molecule has 2 N–H and O–H groups in total. The molecule has 5 nitrogen and oxygen atoms in total. The molecule has 7 heteroatoms. The maximum atomic E-state index is 6.18. The highest BCUT2D eigenvalue weighted by Gasteiger charge is 2.19. The van der Waals surface area contributed by atoms with E-state index in [0.29, 0.717) is 12.5 Å². The van der Waals surface area contributed by atoms with Crippen molar-refractivity contribution in [3.8, 4) is 0 Å². The van der Waals surface area contributed by atoms with Gasteiger partial charge in [0.05, 0.1) is 6.54 Å². The quantitative estimate of drug-likeness (QED) is 0.643. The van der Waals surface area contributed by atoms with Crippen LogP contribution >= 0.6 is 27.3 Å². The van der Waals surface area contributed by atoms with Crippen molar-refractivity contribution in [1.29, 1.82) is 0 Å². The zero-order chi connectivity index (χ0) is 16.2. The van der Waals surface area contributed by atoms with E-state index < -0.39 is 0 Å². The summed E-state index contributed by atoms with van der Waals surface area (Å²) in [6.45, 7) is 6.35. The molecule has 23 heavy (non-hydrogen) atoms. The lowest BCUT2D eigenvalue weighted by Crippen LogP contribution is -2.51. The van der Waals surface area contributed by atoms with Crippen molar-refractivity contribution in [3.63, 3.8) is 0 Å². The van der Waals surface area contributed by atoms with Gasteiger partial charge in [-0.15, -0.1) is 11.3 Å². The topological polar surface area (TPSA) is 57.8 Å². The number of nitrogens with zero attached hydrogens (tertiary/aromatic N) is 4. The van der Waals surface area contributed by atoms with Crippen LogP contribution in [0.5, 0.6) is 0 Å². The predicted octanol–water partition coefficient (Wildman–Crippen LogP) is 2.85. The van der Waals surface area contributed by atoms with E-state index in [1.807, 2.05) is 17.6 Å². The highest BCUT2D eigenvalue weighted by Crippen LogP contribution is 2.19. The van der Waals surface area contributed by atoms with Crippen LogP contribution in [0.25, 0.3) is 0 Å². The molecule has 0 saturated carbocycles. The number of anilines is 1. The van der Waals surface area contributed by atoms with Crippen LogP contribution in [-0.4, -0.2) is 42.0 Å². The summed E-state index contributed by atoms with van der Waals surface area (Å²) >= 11 is 5.16. The molecular weight excluding hydrogens is 374 g/mol. The van der Waals surface area contributed by atoms with Gasteiger partial charge in [0.25, 0.3) is 0 Å². The first-order valence-electron chi connectivity index (χ1n) is 7.58. The zero-order valence-electron chi connectivity index (χ0n) is 13.1. The van der Waals surface area contributed by atoms with Gasteiger partial charge in [-0.05, 0) is 30.2 Å². The first-order chi connectivity index (χ1) is 11.1. The number of thiazole rings is 1. The van der Waals surface area contributed by atoms with E-state index >= 15 is 0 Å². The number of halogens is 1. The molecule has 0 radical (unpaired) electrons. The van der Waals surface area contributed by atoms with Gasteiger partial charge >= 0.3 is 0 Å². The minimum absolute atomic E-state index is 0.623. The fourth-order valence-electron chi connectivity index (χ4n) is 2.60. The molecule has 0 spiro atoms. The molecule has 0 atom stereocenters. The SMILES string of the molecule is Cc1cc(Br)ccc1CN=C(N)N1CCN(c2nccs2)CC1. The Morgan fingerprint density at radius 1 is 1.35 bits per heavy atom. The Morgan fingerprint density at radius 2 is 2.13 bits per heavy atom. The van der Waals surface area contributed by atoms with Crippen LogP contribution in [0.15, 0.2) is 39.2 Å². The lowest BCUT2D eigenvalue weighted by molar-refractivity contribution is 0.380. The molecular formula is C16H20BrN5S. The maximum absolute atomic E-state index is 6.18. The van der Waals surface area contributed by atoms with Crippen molar-refractivity contribution < 1.29 is 0 Å². The molecule has 0 bridgehead atoms. The lowest BCUT2D eigenvalue weighted by atomic mass is 10.1. The van der Waals surface area contributed by atoms with E-state index in [1.54, 1.807) is 11.3 Å². The van der Waals surface area contributed by atoms with E-state index in [1.165, 1.54) is 11.1 Å². The Bertz CT molecular complexity index is 678. The van der Waals surface area contributed by atoms with E-state index in [9.17, 15) is 0 Å². The molecule has 1 aromatic heterocycles. The third kappa shape index (κ3) is 4.03. The van der Waals surface area contributed by atoms with Crippen LogP contribution in [0, 0.1) is 6.92 Å². The second kappa shape index (κ2) is 7.31. The fourth-order valence-corrected chi connectivity index (χ4v) is 3.77. The summed E-state index contributed by atoms with van der Waals surface area (Å²) in [5.74, 6) is 0.631. The Balaban J connectivity index is 1.57. The fraction of sp³-hybridized carbons (Fsp3) is 0.375. The maximum Gasteiger partial charge on any atom is 0.191 e. The van der Waals surface area contributed by atoms with Crippen molar-refractivity contribution in [3.05, 3.63) is 45.4 Å². The number of aryl methyl sites for hydroxylation is 1. The summed E-state index contributed by atoms with van der Waals surface area (Å²) < 4.78 is 1.09. The summed E-state index contributed by atoms with van der Waals surface area (Å²) in [5, 5.41) is 3.10. The summed E-state index contributed by atoms with van der Waals surface area (Å²) in [4.78, 5) is 13.4. The number of piperazine rings is 1. The molecule has 0 aliphatic carbocycles. The third-order valence-electron chi connectivity index (χ3n) is 4.01. The van der Waals surface area contributed by atoms with Crippen molar-refractivity contribution >= 4 is 38.4 Å². The van der Waals surface area contributed by atoms with Gasteiger partial charge in [-0.3, -0.25) is 0 Å². The second-order valence-corrected chi connectivity index (χ2v) is 7.32. The number of rotatable bonds is 3. The van der Waals surface area contributed by atoms with Gasteiger partial charge in [0.2, 0.25) is 0 Å². The summed E-state index contributed by atoms with van der Waals surface area (Å²) in [5.41, 5.74) is 8.61. The summed E-state index contributed by atoms with van der Waals surface area (Å²) in [6, 6.07) is 6.24. The molecule has 3 rings (SSSR count). The summed E-state index contributed by atoms with van der Waals surface area (Å²) in [7, 11) is 0. The average Bonchev–Trinajstić information content (AvgIpc) is 3.08. The van der Waals surface area contributed by atoms with Gasteiger partial charge in [0.15, 0.2) is 11.1 Å². The highest BCUT2D eigenvalue weighted by atomic mass is 79.9. The van der Waals surface area contributed by atoms with Gasteiger partial charge in [-0.2, -0.15) is 0 Å². The van der Waals surface area contributed by atoms with Gasteiger partial charge in [-0.25, -0.2) is 9.98 Å². The number of aromatic nitrogens is 1.